The van der Waals surface area contributed by atoms with E-state index < -0.39 is 0 Å². The second-order valence-electron chi connectivity index (χ2n) is 6.08. The van der Waals surface area contributed by atoms with Crippen molar-refractivity contribution in [2.75, 3.05) is 0 Å². The summed E-state index contributed by atoms with van der Waals surface area (Å²) in [6.45, 7) is 4.01. The molecule has 1 heterocycles. The second kappa shape index (κ2) is 7.02. The van der Waals surface area contributed by atoms with Crippen LogP contribution in [0.3, 0.4) is 0 Å². The molecular formula is C19H22Cl2N2. The zero-order valence-corrected chi connectivity index (χ0v) is 15.0. The molecule has 0 fully saturated rings. The van der Waals surface area contributed by atoms with Crippen molar-refractivity contribution in [2.45, 2.75) is 44.5 Å². The quantitative estimate of drug-likeness (QED) is 0.524. The number of hydrogen-bond donors (Lipinski definition) is 2. The molecule has 0 aliphatic heterocycles. The summed E-state index contributed by atoms with van der Waals surface area (Å²) in [5, 5.41) is 5.73. The minimum Gasteiger partial charge on any atom is -0.377 e. The van der Waals surface area contributed by atoms with Gasteiger partial charge in [-0.15, -0.1) is 11.6 Å². The Balaban J connectivity index is 1.91. The van der Waals surface area contributed by atoms with Crippen LogP contribution < -0.4 is 5.32 Å². The Bertz CT molecular complexity index is 756. The van der Waals surface area contributed by atoms with Gasteiger partial charge >= 0.3 is 0 Å². The number of aromatic amines is 1. The van der Waals surface area contributed by atoms with E-state index in [2.05, 4.69) is 34.6 Å². The van der Waals surface area contributed by atoms with Gasteiger partial charge in [0.15, 0.2) is 0 Å². The van der Waals surface area contributed by atoms with E-state index >= 15 is 0 Å². The third-order valence-corrected chi connectivity index (χ3v) is 4.74. The first-order valence-electron chi connectivity index (χ1n) is 8.13. The Morgan fingerprint density at radius 1 is 1.43 bits per heavy atom. The highest BCUT2D eigenvalue weighted by Crippen LogP contribution is 2.36. The molecule has 1 aromatic carbocycles. The highest BCUT2D eigenvalue weighted by atomic mass is 35.5. The van der Waals surface area contributed by atoms with Gasteiger partial charge in [-0.1, -0.05) is 23.8 Å². The fraction of sp³-hybridized carbons (Fsp3) is 0.368. The summed E-state index contributed by atoms with van der Waals surface area (Å²) in [5.74, 6) is 0. The molecule has 2 unspecified atom stereocenters. The second-order valence-corrected chi connectivity index (χ2v) is 7.20. The molecule has 1 aliphatic rings. The van der Waals surface area contributed by atoms with Crippen LogP contribution in [0.5, 0.6) is 0 Å². The molecule has 0 radical (unpaired) electrons. The fourth-order valence-corrected chi connectivity index (χ4v) is 3.49. The van der Waals surface area contributed by atoms with Crippen molar-refractivity contribution in [1.29, 1.82) is 0 Å². The standard InChI is InChI=1S/C19H22Cl2N2/c1-3-14(9-7-12(2)20)22-18-6-4-5-15-16-11-13(21)8-10-17(16)23-19(15)18/h3,7-12,18,22-23H,4-6H2,1-2H3/b9-7-,14-3+. The number of nitrogens with one attached hydrogen (secondary N) is 2. The number of aromatic nitrogens is 1. The fourth-order valence-electron chi connectivity index (χ4n) is 3.24. The summed E-state index contributed by atoms with van der Waals surface area (Å²) in [6.07, 6.45) is 9.55. The monoisotopic (exact) mass is 348 g/mol. The van der Waals surface area contributed by atoms with Crippen molar-refractivity contribution < 1.29 is 0 Å². The average Bonchev–Trinajstić information content (AvgIpc) is 2.90. The van der Waals surface area contributed by atoms with Crippen molar-refractivity contribution in [3.8, 4) is 0 Å². The summed E-state index contributed by atoms with van der Waals surface area (Å²) >= 11 is 12.2. The van der Waals surface area contributed by atoms with Gasteiger partial charge in [-0.05, 0) is 62.9 Å². The maximum Gasteiger partial charge on any atom is 0.0666 e. The van der Waals surface area contributed by atoms with Crippen LogP contribution in [0.15, 0.2) is 42.1 Å². The number of hydrogen-bond acceptors (Lipinski definition) is 1. The number of allylic oxidation sites excluding steroid dienone is 3. The molecule has 2 atom stereocenters. The largest absolute Gasteiger partial charge is 0.377 e. The van der Waals surface area contributed by atoms with Gasteiger partial charge in [0.05, 0.1) is 6.04 Å². The molecule has 122 valence electrons. The van der Waals surface area contributed by atoms with E-state index in [1.807, 2.05) is 26.0 Å². The van der Waals surface area contributed by atoms with Crippen molar-refractivity contribution in [3.63, 3.8) is 0 Å². The molecule has 0 saturated heterocycles. The van der Waals surface area contributed by atoms with E-state index in [-0.39, 0.29) is 5.38 Å². The first-order chi connectivity index (χ1) is 11.1. The average molecular weight is 349 g/mol. The van der Waals surface area contributed by atoms with Gasteiger partial charge < -0.3 is 10.3 Å². The molecule has 0 bridgehead atoms. The van der Waals surface area contributed by atoms with E-state index in [1.54, 1.807) is 0 Å². The van der Waals surface area contributed by atoms with Gasteiger partial charge in [-0.3, -0.25) is 0 Å². The molecule has 0 saturated carbocycles. The summed E-state index contributed by atoms with van der Waals surface area (Å²) in [5.41, 5.74) is 4.96. The van der Waals surface area contributed by atoms with Crippen LogP contribution in [0.2, 0.25) is 5.02 Å². The van der Waals surface area contributed by atoms with Crippen molar-refractivity contribution >= 4 is 34.1 Å². The minimum atomic E-state index is 0.0314. The molecule has 3 rings (SSSR count). The Morgan fingerprint density at radius 3 is 3.00 bits per heavy atom. The first-order valence-corrected chi connectivity index (χ1v) is 8.95. The van der Waals surface area contributed by atoms with Gasteiger partial charge in [0.25, 0.3) is 0 Å². The topological polar surface area (TPSA) is 27.8 Å². The Hall–Kier alpha value is -1.38. The number of H-pyrrole nitrogens is 1. The lowest BCUT2D eigenvalue weighted by molar-refractivity contribution is 0.496. The third kappa shape index (κ3) is 3.59. The molecule has 1 aromatic heterocycles. The van der Waals surface area contributed by atoms with Crippen LogP contribution in [0.25, 0.3) is 10.9 Å². The SMILES string of the molecule is C/C=C(\C=C/C(C)Cl)NC1CCCc2c1[nH]c1ccc(Cl)cc21. The van der Waals surface area contributed by atoms with Crippen molar-refractivity contribution in [3.05, 3.63) is 58.4 Å². The van der Waals surface area contributed by atoms with Crippen LogP contribution in [0, 0.1) is 0 Å². The summed E-state index contributed by atoms with van der Waals surface area (Å²) in [6, 6.07) is 6.38. The van der Waals surface area contributed by atoms with Crippen LogP contribution in [0.4, 0.5) is 0 Å². The van der Waals surface area contributed by atoms with Crippen LogP contribution >= 0.6 is 23.2 Å². The molecule has 4 heteroatoms. The number of halogens is 2. The number of fused-ring (bicyclic) bond motifs is 3. The van der Waals surface area contributed by atoms with Gasteiger partial charge in [0.2, 0.25) is 0 Å². The smallest absolute Gasteiger partial charge is 0.0666 e. The maximum atomic E-state index is 6.17. The molecule has 2 aromatic rings. The number of aryl methyl sites for hydroxylation is 1. The zero-order chi connectivity index (χ0) is 16.4. The van der Waals surface area contributed by atoms with Gasteiger partial charge in [-0.25, -0.2) is 0 Å². The summed E-state index contributed by atoms with van der Waals surface area (Å²) < 4.78 is 0. The number of rotatable bonds is 4. The van der Waals surface area contributed by atoms with Gasteiger partial charge in [0, 0.05) is 32.7 Å². The van der Waals surface area contributed by atoms with E-state index in [0.717, 1.165) is 23.6 Å². The van der Waals surface area contributed by atoms with Gasteiger partial charge in [-0.2, -0.15) is 0 Å². The lowest BCUT2D eigenvalue weighted by Gasteiger charge is -2.25. The van der Waals surface area contributed by atoms with Gasteiger partial charge in [0.1, 0.15) is 0 Å². The van der Waals surface area contributed by atoms with Crippen LogP contribution in [-0.2, 0) is 6.42 Å². The van der Waals surface area contributed by atoms with E-state index in [0.29, 0.717) is 6.04 Å². The lowest BCUT2D eigenvalue weighted by atomic mass is 9.91. The summed E-state index contributed by atoms with van der Waals surface area (Å²) in [4.78, 5) is 3.59. The Labute approximate surface area is 147 Å². The molecule has 2 N–H and O–H groups in total. The molecule has 23 heavy (non-hydrogen) atoms. The predicted octanol–water partition coefficient (Wildman–Crippen LogP) is 5.88. The number of alkyl halides is 1. The molecule has 0 amide bonds. The highest BCUT2D eigenvalue weighted by molar-refractivity contribution is 6.31. The van der Waals surface area contributed by atoms with Crippen LogP contribution in [0.1, 0.15) is 44.0 Å². The Morgan fingerprint density at radius 2 is 2.26 bits per heavy atom. The highest BCUT2D eigenvalue weighted by Gasteiger charge is 2.24. The molecular weight excluding hydrogens is 327 g/mol. The maximum absolute atomic E-state index is 6.17. The molecule has 1 aliphatic carbocycles. The van der Waals surface area contributed by atoms with E-state index in [4.69, 9.17) is 23.2 Å². The normalized spacial score (nSPS) is 20.0. The van der Waals surface area contributed by atoms with Crippen molar-refractivity contribution in [1.82, 2.24) is 10.3 Å². The van der Waals surface area contributed by atoms with E-state index in [9.17, 15) is 0 Å². The van der Waals surface area contributed by atoms with Crippen LogP contribution in [-0.4, -0.2) is 10.4 Å². The molecule has 2 nitrogen and oxygen atoms in total. The third-order valence-electron chi connectivity index (χ3n) is 4.36. The number of benzene rings is 1. The Kier molecular flexibility index (Phi) is 5.03. The van der Waals surface area contributed by atoms with E-state index in [1.165, 1.54) is 28.6 Å². The lowest BCUT2D eigenvalue weighted by Crippen LogP contribution is -2.24. The zero-order valence-electron chi connectivity index (χ0n) is 13.5. The molecule has 0 spiro atoms. The summed E-state index contributed by atoms with van der Waals surface area (Å²) in [7, 11) is 0. The first kappa shape index (κ1) is 16.5. The van der Waals surface area contributed by atoms with Crippen molar-refractivity contribution in [2.24, 2.45) is 0 Å². The minimum absolute atomic E-state index is 0.0314. The predicted molar refractivity (Wildman–Crippen MR) is 100 cm³/mol.